The third-order valence-electron chi connectivity index (χ3n) is 4.02. The number of ether oxygens (including phenoxy) is 1. The van der Waals surface area contributed by atoms with Crippen molar-refractivity contribution in [2.45, 2.75) is 0 Å². The zero-order chi connectivity index (χ0) is 13.2. The Morgan fingerprint density at radius 1 is 1.30 bits per heavy atom. The molecule has 112 valence electrons. The Kier molecular flexibility index (Phi) is 5.99. The van der Waals surface area contributed by atoms with E-state index in [2.05, 4.69) is 26.1 Å². The van der Waals surface area contributed by atoms with Gasteiger partial charge in [-0.25, -0.2) is 0 Å². The molecule has 0 bridgehead atoms. The fourth-order valence-electron chi connectivity index (χ4n) is 3.01. The van der Waals surface area contributed by atoms with Crippen molar-refractivity contribution in [2.24, 2.45) is 11.8 Å². The van der Waals surface area contributed by atoms with Crippen LogP contribution in [0.2, 0.25) is 5.02 Å². The minimum absolute atomic E-state index is 0. The second kappa shape index (κ2) is 7.32. The van der Waals surface area contributed by atoms with Gasteiger partial charge < -0.3 is 10.1 Å². The number of rotatable bonds is 4. The first-order valence-corrected chi connectivity index (χ1v) is 7.90. The molecule has 0 unspecified atom stereocenters. The first-order valence-electron chi connectivity index (χ1n) is 6.73. The summed E-state index contributed by atoms with van der Waals surface area (Å²) in [6, 6.07) is 5.63. The number of hydrogen-bond acceptors (Lipinski definition) is 3. The molecule has 2 saturated heterocycles. The van der Waals surface area contributed by atoms with E-state index in [0.29, 0.717) is 0 Å². The zero-order valence-electron chi connectivity index (χ0n) is 11.1. The van der Waals surface area contributed by atoms with Crippen LogP contribution in [-0.2, 0) is 0 Å². The van der Waals surface area contributed by atoms with E-state index in [1.807, 2.05) is 18.2 Å². The normalized spacial score (nSPS) is 25.3. The number of hydrogen-bond donors (Lipinski definition) is 1. The van der Waals surface area contributed by atoms with E-state index in [4.69, 9.17) is 16.3 Å². The Bertz CT molecular complexity index is 449. The van der Waals surface area contributed by atoms with Gasteiger partial charge in [0, 0.05) is 24.7 Å². The monoisotopic (exact) mass is 380 g/mol. The Morgan fingerprint density at radius 2 is 2.00 bits per heavy atom. The topological polar surface area (TPSA) is 24.5 Å². The van der Waals surface area contributed by atoms with Gasteiger partial charge in [0.15, 0.2) is 0 Å². The summed E-state index contributed by atoms with van der Waals surface area (Å²) in [6.07, 6.45) is 0. The molecular formula is C14H19BrCl2N2O. The van der Waals surface area contributed by atoms with Crippen LogP contribution in [0.3, 0.4) is 0 Å². The van der Waals surface area contributed by atoms with Crippen LogP contribution in [0, 0.1) is 11.8 Å². The molecule has 0 amide bonds. The Morgan fingerprint density at radius 3 is 2.65 bits per heavy atom. The summed E-state index contributed by atoms with van der Waals surface area (Å²) in [7, 11) is 0. The van der Waals surface area contributed by atoms with Crippen LogP contribution in [0.25, 0.3) is 0 Å². The molecule has 6 heteroatoms. The maximum Gasteiger partial charge on any atom is 0.133 e. The number of benzene rings is 1. The number of fused-ring (bicyclic) bond motifs is 1. The number of likely N-dealkylation sites (tertiary alicyclic amines) is 1. The van der Waals surface area contributed by atoms with E-state index in [9.17, 15) is 0 Å². The van der Waals surface area contributed by atoms with Crippen molar-refractivity contribution in [3.8, 4) is 5.75 Å². The lowest BCUT2D eigenvalue weighted by atomic mass is 10.0. The first kappa shape index (κ1) is 16.4. The molecule has 3 rings (SSSR count). The van der Waals surface area contributed by atoms with E-state index in [-0.39, 0.29) is 12.4 Å². The summed E-state index contributed by atoms with van der Waals surface area (Å²) >= 11 is 9.38. The molecule has 0 spiro atoms. The highest BCUT2D eigenvalue weighted by Crippen LogP contribution is 2.29. The van der Waals surface area contributed by atoms with Crippen molar-refractivity contribution in [3.63, 3.8) is 0 Å². The number of nitrogens with zero attached hydrogens (tertiary/aromatic N) is 1. The Labute approximate surface area is 139 Å². The minimum Gasteiger partial charge on any atom is -0.491 e. The first-order chi connectivity index (χ1) is 9.22. The van der Waals surface area contributed by atoms with Gasteiger partial charge in [-0.3, -0.25) is 4.90 Å². The molecular weight excluding hydrogens is 363 g/mol. The van der Waals surface area contributed by atoms with Crippen LogP contribution in [0.5, 0.6) is 5.75 Å². The Hall–Kier alpha value is -0.000000000000000111. The fourth-order valence-corrected chi connectivity index (χ4v) is 3.81. The minimum atomic E-state index is 0. The van der Waals surface area contributed by atoms with Gasteiger partial charge in [-0.1, -0.05) is 11.6 Å². The third kappa shape index (κ3) is 3.80. The molecule has 3 nitrogen and oxygen atoms in total. The molecule has 2 aliphatic rings. The average Bonchev–Trinajstić information content (AvgIpc) is 2.92. The molecule has 1 aromatic carbocycles. The van der Waals surface area contributed by atoms with Gasteiger partial charge in [-0.2, -0.15) is 0 Å². The molecule has 2 atom stereocenters. The van der Waals surface area contributed by atoms with Crippen molar-refractivity contribution in [2.75, 3.05) is 39.3 Å². The Balaban J connectivity index is 0.00000147. The van der Waals surface area contributed by atoms with Crippen molar-refractivity contribution >= 4 is 39.9 Å². The van der Waals surface area contributed by atoms with Crippen LogP contribution in [0.15, 0.2) is 22.7 Å². The maximum absolute atomic E-state index is 5.91. The lowest BCUT2D eigenvalue weighted by Crippen LogP contribution is -2.29. The van der Waals surface area contributed by atoms with Gasteiger partial charge in [-0.05, 0) is 59.1 Å². The molecule has 1 aromatic rings. The van der Waals surface area contributed by atoms with Crippen LogP contribution in [0.4, 0.5) is 0 Å². The van der Waals surface area contributed by atoms with Gasteiger partial charge in [0.1, 0.15) is 12.4 Å². The standard InChI is InChI=1S/C14H18BrClN2O.ClH/c15-13-5-12(16)1-2-14(13)19-4-3-18-8-10-6-17-7-11(10)9-18;/h1-2,5,10-11,17H,3-4,6-9H2;1H/t10-,11+;. The molecule has 2 aliphatic heterocycles. The largest absolute Gasteiger partial charge is 0.491 e. The summed E-state index contributed by atoms with van der Waals surface area (Å²) in [4.78, 5) is 2.51. The molecule has 0 aromatic heterocycles. The van der Waals surface area contributed by atoms with Crippen molar-refractivity contribution in [1.82, 2.24) is 10.2 Å². The van der Waals surface area contributed by atoms with E-state index >= 15 is 0 Å². The van der Waals surface area contributed by atoms with E-state index < -0.39 is 0 Å². The zero-order valence-corrected chi connectivity index (χ0v) is 14.3. The smallest absolute Gasteiger partial charge is 0.133 e. The van der Waals surface area contributed by atoms with Gasteiger partial charge in [0.05, 0.1) is 4.47 Å². The molecule has 0 aliphatic carbocycles. The third-order valence-corrected chi connectivity index (χ3v) is 4.88. The summed E-state index contributed by atoms with van der Waals surface area (Å²) in [5.41, 5.74) is 0. The predicted molar refractivity (Wildman–Crippen MR) is 88.2 cm³/mol. The average molecular weight is 382 g/mol. The van der Waals surface area contributed by atoms with Crippen molar-refractivity contribution in [1.29, 1.82) is 0 Å². The van der Waals surface area contributed by atoms with Gasteiger partial charge in [0.2, 0.25) is 0 Å². The fraction of sp³-hybridized carbons (Fsp3) is 0.571. The van der Waals surface area contributed by atoms with Gasteiger partial charge in [-0.15, -0.1) is 12.4 Å². The molecule has 0 radical (unpaired) electrons. The SMILES string of the molecule is Cl.Clc1ccc(OCCN2C[C@H]3CNC[C@H]3C2)c(Br)c1. The van der Waals surface area contributed by atoms with Crippen LogP contribution >= 0.6 is 39.9 Å². The van der Waals surface area contributed by atoms with Crippen molar-refractivity contribution < 1.29 is 4.74 Å². The molecule has 2 fully saturated rings. The highest BCUT2D eigenvalue weighted by molar-refractivity contribution is 9.10. The lowest BCUT2D eigenvalue weighted by molar-refractivity contribution is 0.227. The van der Waals surface area contributed by atoms with E-state index in [1.165, 1.54) is 26.2 Å². The lowest BCUT2D eigenvalue weighted by Gasteiger charge is -2.17. The van der Waals surface area contributed by atoms with E-state index in [0.717, 1.165) is 40.2 Å². The highest BCUT2D eigenvalue weighted by Gasteiger charge is 2.35. The van der Waals surface area contributed by atoms with Gasteiger partial charge >= 0.3 is 0 Å². The summed E-state index contributed by atoms with van der Waals surface area (Å²) in [5.74, 6) is 2.56. The summed E-state index contributed by atoms with van der Waals surface area (Å²) < 4.78 is 6.73. The highest BCUT2D eigenvalue weighted by atomic mass is 79.9. The van der Waals surface area contributed by atoms with Gasteiger partial charge in [0.25, 0.3) is 0 Å². The van der Waals surface area contributed by atoms with Crippen molar-refractivity contribution in [3.05, 3.63) is 27.7 Å². The van der Waals surface area contributed by atoms with Crippen LogP contribution < -0.4 is 10.1 Å². The summed E-state index contributed by atoms with van der Waals surface area (Å²) in [5, 5.41) is 4.18. The summed E-state index contributed by atoms with van der Waals surface area (Å²) in [6.45, 7) is 6.52. The second-order valence-electron chi connectivity index (χ2n) is 5.36. The predicted octanol–water partition coefficient (Wildman–Crippen LogP) is 3.05. The molecule has 2 heterocycles. The quantitative estimate of drug-likeness (QED) is 0.867. The van der Waals surface area contributed by atoms with E-state index in [1.54, 1.807) is 0 Å². The second-order valence-corrected chi connectivity index (χ2v) is 6.65. The number of nitrogens with one attached hydrogen (secondary N) is 1. The van der Waals surface area contributed by atoms with Crippen LogP contribution in [0.1, 0.15) is 0 Å². The van der Waals surface area contributed by atoms with Crippen LogP contribution in [-0.4, -0.2) is 44.2 Å². The number of halogens is 3. The molecule has 0 saturated carbocycles. The maximum atomic E-state index is 5.91. The molecule has 20 heavy (non-hydrogen) atoms. The molecule has 1 N–H and O–H groups in total.